The summed E-state index contributed by atoms with van der Waals surface area (Å²) in [4.78, 5) is 11.6. The van der Waals surface area contributed by atoms with Crippen LogP contribution in [0.1, 0.15) is 27.0 Å². The number of rotatable bonds is 7. The fraction of sp³-hybridized carbons (Fsp3) is 0.136. The van der Waals surface area contributed by atoms with Gasteiger partial charge in [0, 0.05) is 10.6 Å². The molecule has 27 heavy (non-hydrogen) atoms. The molecule has 5 heteroatoms. The molecule has 0 bridgehead atoms. The quantitative estimate of drug-likeness (QED) is 0.585. The number of benzene rings is 3. The predicted molar refractivity (Wildman–Crippen MR) is 105 cm³/mol. The van der Waals surface area contributed by atoms with E-state index in [0.717, 1.165) is 16.7 Å². The second-order valence-corrected chi connectivity index (χ2v) is 6.50. The van der Waals surface area contributed by atoms with Crippen LogP contribution in [-0.4, -0.2) is 11.1 Å². The second kappa shape index (κ2) is 8.60. The maximum absolute atomic E-state index is 11.6. The van der Waals surface area contributed by atoms with Gasteiger partial charge in [-0.15, -0.1) is 0 Å². The third-order valence-electron chi connectivity index (χ3n) is 4.02. The molecular formula is C22H19ClO4. The van der Waals surface area contributed by atoms with Gasteiger partial charge in [0.15, 0.2) is 11.5 Å². The van der Waals surface area contributed by atoms with Crippen molar-refractivity contribution in [2.45, 2.75) is 20.1 Å². The standard InChI is InChI=1S/C22H19ClO4/c1-15-6-4-7-16(12-15)13-27-21-18(22(24)25)9-5-11-20(21)26-14-17-8-2-3-10-19(17)23/h2-12H,13-14H2,1H3,(H,24,25). The molecule has 3 rings (SSSR count). The van der Waals surface area contributed by atoms with E-state index in [2.05, 4.69) is 0 Å². The Balaban J connectivity index is 1.84. The molecular weight excluding hydrogens is 364 g/mol. The number of para-hydroxylation sites is 1. The lowest BCUT2D eigenvalue weighted by atomic mass is 10.1. The second-order valence-electron chi connectivity index (χ2n) is 6.10. The van der Waals surface area contributed by atoms with Crippen LogP contribution in [0, 0.1) is 6.92 Å². The summed E-state index contributed by atoms with van der Waals surface area (Å²) >= 11 is 6.16. The van der Waals surface area contributed by atoms with E-state index in [1.165, 1.54) is 6.07 Å². The molecule has 0 atom stereocenters. The Morgan fingerprint density at radius 1 is 0.963 bits per heavy atom. The molecule has 0 spiro atoms. The van der Waals surface area contributed by atoms with Gasteiger partial charge in [0.2, 0.25) is 0 Å². The van der Waals surface area contributed by atoms with Crippen molar-refractivity contribution >= 4 is 17.6 Å². The first-order chi connectivity index (χ1) is 13.0. The van der Waals surface area contributed by atoms with Gasteiger partial charge in [0.25, 0.3) is 0 Å². The molecule has 0 saturated carbocycles. The number of carboxylic acids is 1. The minimum absolute atomic E-state index is 0.0549. The highest BCUT2D eigenvalue weighted by Gasteiger charge is 2.17. The zero-order chi connectivity index (χ0) is 19.2. The number of hydrogen-bond acceptors (Lipinski definition) is 3. The van der Waals surface area contributed by atoms with Crippen molar-refractivity contribution < 1.29 is 19.4 Å². The van der Waals surface area contributed by atoms with Crippen LogP contribution in [0.3, 0.4) is 0 Å². The van der Waals surface area contributed by atoms with E-state index in [1.54, 1.807) is 18.2 Å². The van der Waals surface area contributed by atoms with Crippen LogP contribution < -0.4 is 9.47 Å². The van der Waals surface area contributed by atoms with Crippen LogP contribution in [-0.2, 0) is 13.2 Å². The van der Waals surface area contributed by atoms with Crippen molar-refractivity contribution in [3.8, 4) is 11.5 Å². The van der Waals surface area contributed by atoms with Gasteiger partial charge in [-0.1, -0.05) is 65.7 Å². The van der Waals surface area contributed by atoms with Gasteiger partial charge in [-0.05, 0) is 30.7 Å². The Labute approximate surface area is 162 Å². The molecule has 3 aromatic rings. The lowest BCUT2D eigenvalue weighted by molar-refractivity contribution is 0.0690. The van der Waals surface area contributed by atoms with Gasteiger partial charge in [-0.2, -0.15) is 0 Å². The molecule has 0 fully saturated rings. The van der Waals surface area contributed by atoms with Gasteiger partial charge < -0.3 is 14.6 Å². The lowest BCUT2D eigenvalue weighted by Crippen LogP contribution is -2.06. The molecule has 0 aliphatic heterocycles. The van der Waals surface area contributed by atoms with E-state index in [4.69, 9.17) is 21.1 Å². The van der Waals surface area contributed by atoms with Crippen molar-refractivity contribution in [2.75, 3.05) is 0 Å². The number of halogens is 1. The number of carboxylic acid groups (broad SMARTS) is 1. The zero-order valence-electron chi connectivity index (χ0n) is 14.8. The molecule has 0 saturated heterocycles. The van der Waals surface area contributed by atoms with Gasteiger partial charge in [-0.25, -0.2) is 4.79 Å². The third kappa shape index (κ3) is 4.80. The van der Waals surface area contributed by atoms with Crippen molar-refractivity contribution in [3.05, 3.63) is 94.0 Å². The Hall–Kier alpha value is -2.98. The zero-order valence-corrected chi connectivity index (χ0v) is 15.6. The number of aromatic carboxylic acids is 1. The molecule has 0 aromatic heterocycles. The molecule has 0 amide bonds. The van der Waals surface area contributed by atoms with Gasteiger partial charge >= 0.3 is 5.97 Å². The molecule has 1 N–H and O–H groups in total. The average molecular weight is 383 g/mol. The summed E-state index contributed by atoms with van der Waals surface area (Å²) < 4.78 is 11.7. The topological polar surface area (TPSA) is 55.8 Å². The fourth-order valence-electron chi connectivity index (χ4n) is 2.68. The third-order valence-corrected chi connectivity index (χ3v) is 4.38. The molecule has 0 unspecified atom stereocenters. The first-order valence-corrected chi connectivity index (χ1v) is 8.83. The smallest absolute Gasteiger partial charge is 0.339 e. The molecule has 0 heterocycles. The summed E-state index contributed by atoms with van der Waals surface area (Å²) in [6, 6.07) is 20.0. The normalized spacial score (nSPS) is 10.4. The maximum atomic E-state index is 11.6. The molecule has 0 aliphatic rings. The summed E-state index contributed by atoms with van der Waals surface area (Å²) in [5.74, 6) is -0.501. The predicted octanol–water partition coefficient (Wildman–Crippen LogP) is 5.50. The van der Waals surface area contributed by atoms with Crippen molar-refractivity contribution in [2.24, 2.45) is 0 Å². The van der Waals surface area contributed by atoms with Gasteiger partial charge in [-0.3, -0.25) is 0 Å². The van der Waals surface area contributed by atoms with E-state index < -0.39 is 5.97 Å². The highest BCUT2D eigenvalue weighted by Crippen LogP contribution is 2.33. The van der Waals surface area contributed by atoms with E-state index in [-0.39, 0.29) is 24.5 Å². The molecule has 0 aliphatic carbocycles. The largest absolute Gasteiger partial charge is 0.485 e. The number of ether oxygens (including phenoxy) is 2. The van der Waals surface area contributed by atoms with Gasteiger partial charge in [0.05, 0.1) is 0 Å². The maximum Gasteiger partial charge on any atom is 0.339 e. The Morgan fingerprint density at radius 2 is 1.74 bits per heavy atom. The monoisotopic (exact) mass is 382 g/mol. The highest BCUT2D eigenvalue weighted by molar-refractivity contribution is 6.31. The van der Waals surface area contributed by atoms with Crippen LogP contribution >= 0.6 is 11.6 Å². The number of aryl methyl sites for hydroxylation is 1. The minimum atomic E-state index is -1.07. The van der Waals surface area contributed by atoms with Crippen LogP contribution in [0.15, 0.2) is 66.7 Å². The number of carbonyl (C=O) groups is 1. The minimum Gasteiger partial charge on any atom is -0.485 e. The SMILES string of the molecule is Cc1cccc(COc2c(OCc3ccccc3Cl)cccc2C(=O)O)c1. The Bertz CT molecular complexity index is 953. The van der Waals surface area contributed by atoms with Crippen LogP contribution in [0.25, 0.3) is 0 Å². The summed E-state index contributed by atoms with van der Waals surface area (Å²) in [5.41, 5.74) is 2.92. The summed E-state index contributed by atoms with van der Waals surface area (Å²) in [6.45, 7) is 2.45. The summed E-state index contributed by atoms with van der Waals surface area (Å²) in [6.07, 6.45) is 0. The Morgan fingerprint density at radius 3 is 2.48 bits per heavy atom. The number of hydrogen-bond donors (Lipinski definition) is 1. The molecule has 4 nitrogen and oxygen atoms in total. The van der Waals surface area contributed by atoms with E-state index >= 15 is 0 Å². The highest BCUT2D eigenvalue weighted by atomic mass is 35.5. The van der Waals surface area contributed by atoms with E-state index in [0.29, 0.717) is 10.8 Å². The van der Waals surface area contributed by atoms with Crippen molar-refractivity contribution in [3.63, 3.8) is 0 Å². The van der Waals surface area contributed by atoms with Crippen molar-refractivity contribution in [1.82, 2.24) is 0 Å². The average Bonchev–Trinajstić information content (AvgIpc) is 2.66. The summed E-state index contributed by atoms with van der Waals surface area (Å²) in [5, 5.41) is 10.1. The Kier molecular flexibility index (Phi) is 5.99. The van der Waals surface area contributed by atoms with Crippen LogP contribution in [0.4, 0.5) is 0 Å². The summed E-state index contributed by atoms with van der Waals surface area (Å²) in [7, 11) is 0. The van der Waals surface area contributed by atoms with Crippen LogP contribution in [0.5, 0.6) is 11.5 Å². The van der Waals surface area contributed by atoms with Crippen LogP contribution in [0.2, 0.25) is 5.02 Å². The lowest BCUT2D eigenvalue weighted by Gasteiger charge is -2.15. The molecule has 138 valence electrons. The molecule has 0 radical (unpaired) electrons. The fourth-order valence-corrected chi connectivity index (χ4v) is 2.87. The molecule has 3 aromatic carbocycles. The first kappa shape index (κ1) is 18.8. The first-order valence-electron chi connectivity index (χ1n) is 8.45. The van der Waals surface area contributed by atoms with Crippen molar-refractivity contribution in [1.29, 1.82) is 0 Å². The van der Waals surface area contributed by atoms with Gasteiger partial charge in [0.1, 0.15) is 18.8 Å². The van der Waals surface area contributed by atoms with E-state index in [1.807, 2.05) is 49.4 Å². The van der Waals surface area contributed by atoms with E-state index in [9.17, 15) is 9.90 Å².